The van der Waals surface area contributed by atoms with Crippen LogP contribution >= 0.6 is 23.2 Å². The third kappa shape index (κ3) is 3.54. The number of carboxylic acids is 1. The summed E-state index contributed by atoms with van der Waals surface area (Å²) in [5, 5.41) is 17.9. The van der Waals surface area contributed by atoms with Gasteiger partial charge in [0.05, 0.1) is 5.56 Å². The molecule has 1 aromatic heterocycles. The first-order chi connectivity index (χ1) is 7.95. The molecule has 0 aliphatic heterocycles. The highest BCUT2D eigenvalue weighted by atomic mass is 35.5. The molecule has 1 amide bonds. The Kier molecular flexibility index (Phi) is 4.65. The van der Waals surface area contributed by atoms with E-state index in [2.05, 4.69) is 15.5 Å². The van der Waals surface area contributed by atoms with Gasteiger partial charge in [0, 0.05) is 0 Å². The molecule has 0 unspecified atom stereocenters. The second-order valence-corrected chi connectivity index (χ2v) is 3.89. The molecule has 6 nitrogen and oxygen atoms in total. The third-order valence-corrected chi connectivity index (χ3v) is 2.44. The molecule has 1 aromatic rings. The number of hydrogen-bond acceptors (Lipinski definition) is 4. The van der Waals surface area contributed by atoms with Crippen molar-refractivity contribution in [3.05, 3.63) is 21.9 Å². The van der Waals surface area contributed by atoms with Gasteiger partial charge in [0.1, 0.15) is 6.04 Å². The maximum absolute atomic E-state index is 11.7. The fourth-order valence-corrected chi connectivity index (χ4v) is 1.41. The summed E-state index contributed by atoms with van der Waals surface area (Å²) >= 11 is 11.2. The summed E-state index contributed by atoms with van der Waals surface area (Å²) in [7, 11) is 0. The Labute approximate surface area is 107 Å². The van der Waals surface area contributed by atoms with E-state index in [0.29, 0.717) is 0 Å². The summed E-state index contributed by atoms with van der Waals surface area (Å²) in [6.07, 6.45) is 0.255. The van der Waals surface area contributed by atoms with Gasteiger partial charge >= 0.3 is 5.97 Å². The van der Waals surface area contributed by atoms with E-state index in [9.17, 15) is 9.59 Å². The number of aliphatic carboxylic acids is 1. The van der Waals surface area contributed by atoms with Crippen molar-refractivity contribution >= 4 is 35.1 Å². The van der Waals surface area contributed by atoms with Crippen LogP contribution in [0.5, 0.6) is 0 Å². The molecule has 0 aliphatic rings. The van der Waals surface area contributed by atoms with Gasteiger partial charge in [-0.3, -0.25) is 4.79 Å². The van der Waals surface area contributed by atoms with Gasteiger partial charge < -0.3 is 10.4 Å². The number of carboxylic acid groups (broad SMARTS) is 1. The van der Waals surface area contributed by atoms with Gasteiger partial charge in [0.2, 0.25) is 0 Å². The minimum Gasteiger partial charge on any atom is -0.480 e. The van der Waals surface area contributed by atoms with Gasteiger partial charge in [0.25, 0.3) is 5.91 Å². The molecule has 0 aromatic carbocycles. The Bertz CT molecular complexity index is 453. The summed E-state index contributed by atoms with van der Waals surface area (Å²) in [6.45, 7) is 1.64. The van der Waals surface area contributed by atoms with Crippen molar-refractivity contribution in [2.75, 3.05) is 0 Å². The Hall–Kier alpha value is -1.40. The van der Waals surface area contributed by atoms with E-state index in [4.69, 9.17) is 28.3 Å². The predicted molar refractivity (Wildman–Crippen MR) is 61.2 cm³/mol. The van der Waals surface area contributed by atoms with Crippen LogP contribution < -0.4 is 5.32 Å². The molecule has 0 aliphatic carbocycles. The fraction of sp³-hybridized carbons (Fsp3) is 0.333. The fourth-order valence-electron chi connectivity index (χ4n) is 1.09. The Morgan fingerprint density at radius 2 is 2.12 bits per heavy atom. The standard InChI is InChI=1S/C9H9Cl2N3O3/c1-2-5(9(16)17)12-8(15)4-3-6(10)13-14-7(4)11/h3,5H,2H2,1H3,(H,12,15)(H,16,17)/t5-/m0/s1. The molecule has 1 atom stereocenters. The molecule has 1 rings (SSSR count). The van der Waals surface area contributed by atoms with Crippen molar-refractivity contribution in [2.24, 2.45) is 0 Å². The highest BCUT2D eigenvalue weighted by Gasteiger charge is 2.20. The summed E-state index contributed by atoms with van der Waals surface area (Å²) in [6, 6.07) is 0.242. The number of nitrogens with one attached hydrogen (secondary N) is 1. The van der Waals surface area contributed by atoms with E-state index in [-0.39, 0.29) is 22.3 Å². The van der Waals surface area contributed by atoms with Crippen LogP contribution in [0.15, 0.2) is 6.07 Å². The van der Waals surface area contributed by atoms with E-state index in [1.54, 1.807) is 6.92 Å². The molecular weight excluding hydrogens is 269 g/mol. The van der Waals surface area contributed by atoms with Crippen LogP contribution in [-0.2, 0) is 4.79 Å². The first-order valence-corrected chi connectivity index (χ1v) is 5.43. The van der Waals surface area contributed by atoms with Crippen molar-refractivity contribution in [1.82, 2.24) is 15.5 Å². The molecule has 0 spiro atoms. The summed E-state index contributed by atoms with van der Waals surface area (Å²) in [5.74, 6) is -1.77. The first kappa shape index (κ1) is 13.7. The molecule has 0 saturated carbocycles. The number of halogens is 2. The molecule has 0 radical (unpaired) electrons. The van der Waals surface area contributed by atoms with Gasteiger partial charge in [0.15, 0.2) is 10.3 Å². The van der Waals surface area contributed by atoms with Crippen LogP contribution in [0.4, 0.5) is 0 Å². The second-order valence-electron chi connectivity index (χ2n) is 3.14. The van der Waals surface area contributed by atoms with E-state index in [1.807, 2.05) is 0 Å². The highest BCUT2D eigenvalue weighted by molar-refractivity contribution is 6.34. The normalized spacial score (nSPS) is 11.9. The molecule has 1 heterocycles. The van der Waals surface area contributed by atoms with Crippen molar-refractivity contribution in [2.45, 2.75) is 19.4 Å². The largest absolute Gasteiger partial charge is 0.480 e. The van der Waals surface area contributed by atoms with E-state index < -0.39 is 17.9 Å². The summed E-state index contributed by atoms with van der Waals surface area (Å²) < 4.78 is 0. The zero-order valence-corrected chi connectivity index (χ0v) is 10.3. The number of nitrogens with zero attached hydrogens (tertiary/aromatic N) is 2. The average molecular weight is 278 g/mol. The van der Waals surface area contributed by atoms with Crippen LogP contribution in [0.25, 0.3) is 0 Å². The Morgan fingerprint density at radius 3 is 2.65 bits per heavy atom. The Morgan fingerprint density at radius 1 is 1.47 bits per heavy atom. The molecule has 0 saturated heterocycles. The van der Waals surface area contributed by atoms with Crippen molar-refractivity contribution in [3.8, 4) is 0 Å². The van der Waals surface area contributed by atoms with Crippen molar-refractivity contribution in [3.63, 3.8) is 0 Å². The monoisotopic (exact) mass is 277 g/mol. The first-order valence-electron chi connectivity index (χ1n) is 4.68. The van der Waals surface area contributed by atoms with Crippen LogP contribution in [0.1, 0.15) is 23.7 Å². The molecule has 0 bridgehead atoms. The maximum Gasteiger partial charge on any atom is 0.326 e. The van der Waals surface area contributed by atoms with Gasteiger partial charge in [-0.15, -0.1) is 10.2 Å². The van der Waals surface area contributed by atoms with E-state index >= 15 is 0 Å². The van der Waals surface area contributed by atoms with Crippen LogP contribution in [0.2, 0.25) is 10.3 Å². The number of carbonyl (C=O) groups is 2. The highest BCUT2D eigenvalue weighted by Crippen LogP contribution is 2.15. The molecular formula is C9H9Cl2N3O3. The molecule has 2 N–H and O–H groups in total. The van der Waals surface area contributed by atoms with Crippen LogP contribution in [0.3, 0.4) is 0 Å². The van der Waals surface area contributed by atoms with Crippen LogP contribution in [0, 0.1) is 0 Å². The molecule has 92 valence electrons. The van der Waals surface area contributed by atoms with Crippen molar-refractivity contribution < 1.29 is 14.7 Å². The summed E-state index contributed by atoms with van der Waals surface area (Å²) in [5.41, 5.74) is -0.00799. The number of hydrogen-bond donors (Lipinski definition) is 2. The second kappa shape index (κ2) is 5.79. The summed E-state index contributed by atoms with van der Waals surface area (Å²) in [4.78, 5) is 22.5. The van der Waals surface area contributed by atoms with Crippen molar-refractivity contribution in [1.29, 1.82) is 0 Å². The number of carbonyl (C=O) groups excluding carboxylic acids is 1. The minimum absolute atomic E-state index is 0.00271. The maximum atomic E-state index is 11.7. The lowest BCUT2D eigenvalue weighted by molar-refractivity contribution is -0.139. The van der Waals surface area contributed by atoms with Gasteiger partial charge in [-0.25, -0.2) is 4.79 Å². The average Bonchev–Trinajstić information content (AvgIpc) is 2.28. The van der Waals surface area contributed by atoms with E-state index in [0.717, 1.165) is 0 Å². The quantitative estimate of drug-likeness (QED) is 0.867. The smallest absolute Gasteiger partial charge is 0.326 e. The van der Waals surface area contributed by atoms with E-state index in [1.165, 1.54) is 6.07 Å². The molecule has 8 heteroatoms. The zero-order valence-electron chi connectivity index (χ0n) is 8.78. The Balaban J connectivity index is 2.89. The number of aromatic nitrogens is 2. The number of rotatable bonds is 4. The minimum atomic E-state index is -1.12. The molecule has 17 heavy (non-hydrogen) atoms. The van der Waals surface area contributed by atoms with Gasteiger partial charge in [-0.2, -0.15) is 0 Å². The molecule has 0 fully saturated rings. The van der Waals surface area contributed by atoms with Gasteiger partial charge in [-0.05, 0) is 12.5 Å². The third-order valence-electron chi connectivity index (χ3n) is 1.98. The number of amides is 1. The SMILES string of the molecule is CC[C@H](NC(=O)c1cc(Cl)nnc1Cl)C(=O)O. The zero-order chi connectivity index (χ0) is 13.0. The lowest BCUT2D eigenvalue weighted by atomic mass is 10.2. The predicted octanol–water partition coefficient (Wildman–Crippen LogP) is 1.38. The topological polar surface area (TPSA) is 92.2 Å². The lowest BCUT2D eigenvalue weighted by Gasteiger charge is -2.12. The van der Waals surface area contributed by atoms with Crippen LogP contribution in [-0.4, -0.2) is 33.2 Å². The lowest BCUT2D eigenvalue weighted by Crippen LogP contribution is -2.40. The van der Waals surface area contributed by atoms with Gasteiger partial charge in [-0.1, -0.05) is 30.1 Å².